The van der Waals surface area contributed by atoms with E-state index in [0.29, 0.717) is 6.79 Å². The largest absolute Gasteiger partial charge is 0.394 e. The molecule has 2 heterocycles. The van der Waals surface area contributed by atoms with Crippen molar-refractivity contribution in [1.29, 1.82) is 0 Å². The summed E-state index contributed by atoms with van der Waals surface area (Å²) >= 11 is 0. The van der Waals surface area contributed by atoms with Crippen molar-refractivity contribution in [1.82, 2.24) is 0 Å². The average Bonchev–Trinajstić information content (AvgIpc) is 3.27. The van der Waals surface area contributed by atoms with E-state index in [4.69, 9.17) is 18.9 Å². The Labute approximate surface area is 185 Å². The van der Waals surface area contributed by atoms with E-state index in [1.165, 1.54) is 64.2 Å². The molecule has 0 aromatic heterocycles. The standard InChI is InChI=1S/C25H48O5/c1-3-4-5-6-7-8-9-10-11-12-15-22(28-20-27-2)24-17-18-25(30-24)23-16-13-14-21(19-26)29-23/h21-26H,3-20H2,1-2H3/t21-,22+,23+,24+,25+/m0/s1. The lowest BCUT2D eigenvalue weighted by Gasteiger charge is -2.33. The molecular formula is C25H48O5. The second-order valence-electron chi connectivity index (χ2n) is 9.28. The maximum Gasteiger partial charge on any atom is 0.146 e. The molecule has 2 fully saturated rings. The lowest BCUT2D eigenvalue weighted by Crippen LogP contribution is -2.39. The van der Waals surface area contributed by atoms with Gasteiger partial charge < -0.3 is 24.1 Å². The summed E-state index contributed by atoms with van der Waals surface area (Å²) in [5, 5.41) is 9.41. The van der Waals surface area contributed by atoms with Gasteiger partial charge in [0.15, 0.2) is 0 Å². The van der Waals surface area contributed by atoms with E-state index in [0.717, 1.165) is 38.5 Å². The maximum atomic E-state index is 9.41. The van der Waals surface area contributed by atoms with Crippen molar-refractivity contribution in [2.45, 2.75) is 140 Å². The van der Waals surface area contributed by atoms with Crippen molar-refractivity contribution in [3.63, 3.8) is 0 Å². The quantitative estimate of drug-likeness (QED) is 0.236. The number of rotatable bonds is 17. The molecule has 5 heteroatoms. The molecule has 5 atom stereocenters. The molecule has 178 valence electrons. The first-order valence-electron chi connectivity index (χ1n) is 12.8. The Kier molecular flexibility index (Phi) is 14.3. The zero-order valence-corrected chi connectivity index (χ0v) is 19.7. The van der Waals surface area contributed by atoms with Crippen LogP contribution in [0.1, 0.15) is 110 Å². The Hall–Kier alpha value is -0.200. The number of ether oxygens (including phenoxy) is 4. The van der Waals surface area contributed by atoms with Crippen LogP contribution in [0.5, 0.6) is 0 Å². The molecule has 0 aliphatic carbocycles. The third kappa shape index (κ3) is 9.95. The highest BCUT2D eigenvalue weighted by atomic mass is 16.7. The SMILES string of the molecule is CCCCCCCCCCCC[C@@H](OCOC)[C@H]1CC[C@H]([C@H]2CCC[C@@H](CO)O2)O1. The highest BCUT2D eigenvalue weighted by molar-refractivity contribution is 4.86. The number of aliphatic hydroxyl groups is 1. The summed E-state index contributed by atoms with van der Waals surface area (Å²) in [6.07, 6.45) is 20.2. The van der Waals surface area contributed by atoms with Crippen LogP contribution in [-0.2, 0) is 18.9 Å². The summed E-state index contributed by atoms with van der Waals surface area (Å²) < 4.78 is 23.6. The van der Waals surface area contributed by atoms with Gasteiger partial charge in [0.05, 0.1) is 37.1 Å². The molecule has 1 N–H and O–H groups in total. The number of hydrogen-bond donors (Lipinski definition) is 1. The highest BCUT2D eigenvalue weighted by Gasteiger charge is 2.38. The molecule has 0 spiro atoms. The summed E-state index contributed by atoms with van der Waals surface area (Å²) in [4.78, 5) is 0. The van der Waals surface area contributed by atoms with Crippen molar-refractivity contribution < 1.29 is 24.1 Å². The molecular weight excluding hydrogens is 380 g/mol. The molecule has 2 saturated heterocycles. The summed E-state index contributed by atoms with van der Waals surface area (Å²) in [7, 11) is 1.68. The molecule has 0 unspecified atom stereocenters. The Balaban J connectivity index is 1.62. The van der Waals surface area contributed by atoms with Crippen LogP contribution in [0.25, 0.3) is 0 Å². The first-order chi connectivity index (χ1) is 14.8. The van der Waals surface area contributed by atoms with E-state index >= 15 is 0 Å². The van der Waals surface area contributed by atoms with Gasteiger partial charge in [0, 0.05) is 7.11 Å². The number of methoxy groups -OCH3 is 1. The van der Waals surface area contributed by atoms with Crippen molar-refractivity contribution >= 4 is 0 Å². The van der Waals surface area contributed by atoms with Gasteiger partial charge in [-0.15, -0.1) is 0 Å². The molecule has 0 saturated carbocycles. The molecule has 0 aromatic carbocycles. The molecule has 0 radical (unpaired) electrons. The summed E-state index contributed by atoms with van der Waals surface area (Å²) in [5.41, 5.74) is 0. The third-order valence-corrected chi connectivity index (χ3v) is 6.74. The molecule has 5 nitrogen and oxygen atoms in total. The van der Waals surface area contributed by atoms with E-state index in [1.54, 1.807) is 7.11 Å². The van der Waals surface area contributed by atoms with Gasteiger partial charge in [0.25, 0.3) is 0 Å². The highest BCUT2D eigenvalue weighted by Crippen LogP contribution is 2.33. The topological polar surface area (TPSA) is 57.2 Å². The van der Waals surface area contributed by atoms with E-state index in [2.05, 4.69) is 6.92 Å². The minimum atomic E-state index is -0.0152. The molecule has 2 aliphatic rings. The van der Waals surface area contributed by atoms with Crippen molar-refractivity contribution in [3.8, 4) is 0 Å². The Morgan fingerprint density at radius 3 is 2.17 bits per heavy atom. The minimum absolute atomic E-state index is 0.0152. The Morgan fingerprint density at radius 2 is 1.50 bits per heavy atom. The lowest BCUT2D eigenvalue weighted by atomic mass is 9.98. The Morgan fingerprint density at radius 1 is 0.833 bits per heavy atom. The van der Waals surface area contributed by atoms with E-state index < -0.39 is 0 Å². The number of hydrogen-bond acceptors (Lipinski definition) is 5. The normalized spacial score (nSPS) is 28.1. The molecule has 0 bridgehead atoms. The third-order valence-electron chi connectivity index (χ3n) is 6.74. The van der Waals surface area contributed by atoms with Gasteiger partial charge in [-0.25, -0.2) is 0 Å². The van der Waals surface area contributed by atoms with Gasteiger partial charge in [-0.3, -0.25) is 0 Å². The summed E-state index contributed by atoms with van der Waals surface area (Å²) in [6.45, 7) is 2.72. The van der Waals surface area contributed by atoms with Crippen LogP contribution in [0.15, 0.2) is 0 Å². The summed E-state index contributed by atoms with van der Waals surface area (Å²) in [5.74, 6) is 0. The van der Waals surface area contributed by atoms with Gasteiger partial charge in [0.2, 0.25) is 0 Å². The van der Waals surface area contributed by atoms with E-state index in [1.807, 2.05) is 0 Å². The fourth-order valence-electron chi connectivity index (χ4n) is 4.94. The smallest absolute Gasteiger partial charge is 0.146 e. The van der Waals surface area contributed by atoms with Gasteiger partial charge in [-0.1, -0.05) is 71.1 Å². The van der Waals surface area contributed by atoms with Crippen molar-refractivity contribution in [3.05, 3.63) is 0 Å². The zero-order chi connectivity index (χ0) is 21.4. The van der Waals surface area contributed by atoms with Crippen LogP contribution in [0, 0.1) is 0 Å². The summed E-state index contributed by atoms with van der Waals surface area (Å²) in [6, 6.07) is 0. The molecule has 30 heavy (non-hydrogen) atoms. The van der Waals surface area contributed by atoms with Crippen LogP contribution in [-0.4, -0.2) is 56.1 Å². The maximum absolute atomic E-state index is 9.41. The monoisotopic (exact) mass is 428 g/mol. The molecule has 2 aliphatic heterocycles. The average molecular weight is 429 g/mol. The van der Waals surface area contributed by atoms with Crippen molar-refractivity contribution in [2.75, 3.05) is 20.5 Å². The first kappa shape index (κ1) is 26.1. The van der Waals surface area contributed by atoms with E-state index in [9.17, 15) is 5.11 Å². The fourth-order valence-corrected chi connectivity index (χ4v) is 4.94. The first-order valence-corrected chi connectivity index (χ1v) is 12.8. The van der Waals surface area contributed by atoms with Gasteiger partial charge in [0.1, 0.15) is 6.79 Å². The lowest BCUT2D eigenvalue weighted by molar-refractivity contribution is -0.162. The predicted molar refractivity (Wildman–Crippen MR) is 121 cm³/mol. The van der Waals surface area contributed by atoms with Crippen LogP contribution in [0.3, 0.4) is 0 Å². The molecule has 0 amide bonds. The molecule has 2 rings (SSSR count). The predicted octanol–water partition coefficient (Wildman–Crippen LogP) is 5.76. The number of unbranched alkanes of at least 4 members (excludes halogenated alkanes) is 9. The van der Waals surface area contributed by atoms with Gasteiger partial charge >= 0.3 is 0 Å². The second kappa shape index (κ2) is 16.4. The minimum Gasteiger partial charge on any atom is -0.394 e. The van der Waals surface area contributed by atoms with Crippen LogP contribution >= 0.6 is 0 Å². The zero-order valence-electron chi connectivity index (χ0n) is 19.7. The fraction of sp³-hybridized carbons (Fsp3) is 1.00. The van der Waals surface area contributed by atoms with E-state index in [-0.39, 0.29) is 37.1 Å². The van der Waals surface area contributed by atoms with Crippen molar-refractivity contribution in [2.24, 2.45) is 0 Å². The number of aliphatic hydroxyl groups excluding tert-OH is 1. The van der Waals surface area contributed by atoms with Crippen LogP contribution in [0.4, 0.5) is 0 Å². The van der Waals surface area contributed by atoms with Crippen LogP contribution in [0.2, 0.25) is 0 Å². The van der Waals surface area contributed by atoms with Gasteiger partial charge in [-0.05, 0) is 38.5 Å². The van der Waals surface area contributed by atoms with Crippen LogP contribution < -0.4 is 0 Å². The molecule has 0 aromatic rings. The Bertz CT molecular complexity index is 405. The second-order valence-corrected chi connectivity index (χ2v) is 9.28. The van der Waals surface area contributed by atoms with Gasteiger partial charge in [-0.2, -0.15) is 0 Å².